The highest BCUT2D eigenvalue weighted by Crippen LogP contribution is 2.21. The molecule has 0 aromatic heterocycles. The van der Waals surface area contributed by atoms with Crippen molar-refractivity contribution in [1.82, 2.24) is 0 Å². The molecule has 0 aliphatic heterocycles. The topological polar surface area (TPSA) is 35.5 Å². The Morgan fingerprint density at radius 2 is 2.18 bits per heavy atom. The van der Waals surface area contributed by atoms with E-state index < -0.39 is 0 Å². The Hall–Kier alpha value is -0.780. The molecule has 0 radical (unpaired) electrons. The van der Waals surface area contributed by atoms with Crippen LogP contribution < -0.4 is 4.74 Å². The van der Waals surface area contributed by atoms with Crippen molar-refractivity contribution < 1.29 is 14.3 Å². The van der Waals surface area contributed by atoms with Gasteiger partial charge in [0.05, 0.1) is 13.7 Å². The van der Waals surface area contributed by atoms with Gasteiger partial charge in [-0.25, -0.2) is 0 Å². The maximum Gasteiger partial charge on any atom is 0.305 e. The fourth-order valence-electron chi connectivity index (χ4n) is 1.53. The Morgan fingerprint density at radius 3 is 2.82 bits per heavy atom. The number of halogens is 1. The third-order valence-electron chi connectivity index (χ3n) is 2.39. The monoisotopic (exact) mass is 348 g/mol. The largest absolute Gasteiger partial charge is 0.497 e. The second-order valence-electron chi connectivity index (χ2n) is 3.62. The number of ether oxygens (including phenoxy) is 2. The summed E-state index contributed by atoms with van der Waals surface area (Å²) in [5, 5.41) is 0. The molecule has 94 valence electrons. The Kier molecular flexibility index (Phi) is 6.32. The lowest BCUT2D eigenvalue weighted by Gasteiger charge is -2.07. The minimum atomic E-state index is -0.120. The fourth-order valence-corrected chi connectivity index (χ4v) is 2.13. The summed E-state index contributed by atoms with van der Waals surface area (Å²) < 4.78 is 11.3. The first kappa shape index (κ1) is 14.3. The van der Waals surface area contributed by atoms with Gasteiger partial charge in [-0.3, -0.25) is 4.79 Å². The molecule has 0 saturated carbocycles. The molecule has 1 rings (SSSR count). The SMILES string of the molecule is CCOC(=O)CCCc1cc(OC)ccc1I. The van der Waals surface area contributed by atoms with Crippen LogP contribution in [0.25, 0.3) is 0 Å². The molecule has 0 fully saturated rings. The number of rotatable bonds is 6. The first-order valence-corrected chi connectivity index (χ1v) is 6.73. The van der Waals surface area contributed by atoms with Gasteiger partial charge in [0.2, 0.25) is 0 Å². The van der Waals surface area contributed by atoms with Crippen molar-refractivity contribution in [2.45, 2.75) is 26.2 Å². The quantitative estimate of drug-likeness (QED) is 0.585. The van der Waals surface area contributed by atoms with Crippen molar-refractivity contribution in [3.05, 3.63) is 27.3 Å². The van der Waals surface area contributed by atoms with Gasteiger partial charge in [0.25, 0.3) is 0 Å². The maximum atomic E-state index is 11.2. The van der Waals surface area contributed by atoms with Crippen molar-refractivity contribution in [2.75, 3.05) is 13.7 Å². The molecule has 0 bridgehead atoms. The summed E-state index contributed by atoms with van der Waals surface area (Å²) in [6.07, 6.45) is 2.15. The number of hydrogen-bond donors (Lipinski definition) is 0. The Labute approximate surface area is 116 Å². The highest BCUT2D eigenvalue weighted by molar-refractivity contribution is 14.1. The van der Waals surface area contributed by atoms with E-state index in [2.05, 4.69) is 22.6 Å². The van der Waals surface area contributed by atoms with Crippen molar-refractivity contribution in [2.24, 2.45) is 0 Å². The molecule has 0 aliphatic rings. The summed E-state index contributed by atoms with van der Waals surface area (Å²) in [6.45, 7) is 2.28. The molecule has 1 aromatic carbocycles. The lowest BCUT2D eigenvalue weighted by atomic mass is 10.1. The zero-order valence-corrected chi connectivity index (χ0v) is 12.3. The van der Waals surface area contributed by atoms with Crippen LogP contribution in [0.4, 0.5) is 0 Å². The van der Waals surface area contributed by atoms with Gasteiger partial charge in [-0.15, -0.1) is 0 Å². The third-order valence-corrected chi connectivity index (χ3v) is 3.44. The van der Waals surface area contributed by atoms with Crippen LogP contribution in [0.5, 0.6) is 5.75 Å². The summed E-state index contributed by atoms with van der Waals surface area (Å²) in [5.74, 6) is 0.738. The van der Waals surface area contributed by atoms with E-state index in [9.17, 15) is 4.79 Å². The van der Waals surface area contributed by atoms with Crippen molar-refractivity contribution >= 4 is 28.6 Å². The van der Waals surface area contributed by atoms with E-state index in [1.54, 1.807) is 7.11 Å². The Bertz CT molecular complexity index is 377. The van der Waals surface area contributed by atoms with E-state index >= 15 is 0 Å². The highest BCUT2D eigenvalue weighted by Gasteiger charge is 2.05. The van der Waals surface area contributed by atoms with Gasteiger partial charge in [0, 0.05) is 9.99 Å². The molecule has 0 atom stereocenters. The highest BCUT2D eigenvalue weighted by atomic mass is 127. The lowest BCUT2D eigenvalue weighted by molar-refractivity contribution is -0.143. The van der Waals surface area contributed by atoms with Crippen molar-refractivity contribution in [3.63, 3.8) is 0 Å². The predicted octanol–water partition coefficient (Wildman–Crippen LogP) is 3.19. The fraction of sp³-hybridized carbons (Fsp3) is 0.462. The van der Waals surface area contributed by atoms with Crippen LogP contribution in [0.3, 0.4) is 0 Å². The average Bonchev–Trinajstić information content (AvgIpc) is 2.32. The number of methoxy groups -OCH3 is 1. The molecule has 3 nitrogen and oxygen atoms in total. The van der Waals surface area contributed by atoms with E-state index in [0.717, 1.165) is 18.6 Å². The second kappa shape index (κ2) is 7.53. The van der Waals surface area contributed by atoms with E-state index in [1.807, 2.05) is 25.1 Å². The minimum Gasteiger partial charge on any atom is -0.497 e. The molecule has 17 heavy (non-hydrogen) atoms. The third kappa shape index (κ3) is 4.93. The van der Waals surface area contributed by atoms with Crippen LogP contribution in [-0.4, -0.2) is 19.7 Å². The number of hydrogen-bond acceptors (Lipinski definition) is 3. The summed E-state index contributed by atoms with van der Waals surface area (Å²) >= 11 is 2.30. The molecule has 0 unspecified atom stereocenters. The molecule has 0 N–H and O–H groups in total. The number of benzene rings is 1. The number of esters is 1. The smallest absolute Gasteiger partial charge is 0.305 e. The zero-order chi connectivity index (χ0) is 12.7. The van der Waals surface area contributed by atoms with Gasteiger partial charge in [-0.05, 0) is 66.1 Å². The Morgan fingerprint density at radius 1 is 1.41 bits per heavy atom. The maximum absolute atomic E-state index is 11.2. The molecule has 0 heterocycles. The van der Waals surface area contributed by atoms with E-state index in [1.165, 1.54) is 9.13 Å². The van der Waals surface area contributed by atoms with Crippen molar-refractivity contribution in [1.29, 1.82) is 0 Å². The number of carbonyl (C=O) groups is 1. The lowest BCUT2D eigenvalue weighted by Crippen LogP contribution is -2.04. The number of aryl methyl sites for hydroxylation is 1. The van der Waals surface area contributed by atoms with E-state index in [0.29, 0.717) is 13.0 Å². The normalized spacial score (nSPS) is 10.1. The standard InChI is InChI=1S/C13H17IO3/c1-3-17-13(15)6-4-5-10-9-11(16-2)7-8-12(10)14/h7-9H,3-6H2,1-2H3. The molecular weight excluding hydrogens is 331 g/mol. The van der Waals surface area contributed by atoms with Crippen LogP contribution >= 0.6 is 22.6 Å². The average molecular weight is 348 g/mol. The van der Waals surface area contributed by atoms with Gasteiger partial charge < -0.3 is 9.47 Å². The zero-order valence-electron chi connectivity index (χ0n) is 10.2. The molecule has 0 spiro atoms. The number of carbonyl (C=O) groups excluding carboxylic acids is 1. The van der Waals surface area contributed by atoms with Gasteiger partial charge >= 0.3 is 5.97 Å². The second-order valence-corrected chi connectivity index (χ2v) is 4.78. The van der Waals surface area contributed by atoms with Crippen LogP contribution in [0, 0.1) is 3.57 Å². The van der Waals surface area contributed by atoms with Gasteiger partial charge in [-0.1, -0.05) is 0 Å². The van der Waals surface area contributed by atoms with E-state index in [-0.39, 0.29) is 5.97 Å². The Balaban J connectivity index is 2.48. The van der Waals surface area contributed by atoms with Crippen molar-refractivity contribution in [3.8, 4) is 5.75 Å². The van der Waals surface area contributed by atoms with Crippen LogP contribution in [-0.2, 0) is 16.0 Å². The minimum absolute atomic E-state index is 0.120. The first-order valence-electron chi connectivity index (χ1n) is 5.65. The molecular formula is C13H17IO3. The molecule has 0 amide bonds. The molecule has 0 saturated heterocycles. The summed E-state index contributed by atoms with van der Waals surface area (Å²) in [6, 6.07) is 5.99. The van der Waals surface area contributed by atoms with Crippen LogP contribution in [0.1, 0.15) is 25.3 Å². The van der Waals surface area contributed by atoms with Gasteiger partial charge in [0.15, 0.2) is 0 Å². The molecule has 4 heteroatoms. The summed E-state index contributed by atoms with van der Waals surface area (Å²) in [4.78, 5) is 11.2. The first-order chi connectivity index (χ1) is 8.17. The molecule has 0 aliphatic carbocycles. The predicted molar refractivity (Wildman–Crippen MR) is 75.3 cm³/mol. The summed E-state index contributed by atoms with van der Waals surface area (Å²) in [5.41, 5.74) is 1.22. The van der Waals surface area contributed by atoms with Gasteiger partial charge in [0.1, 0.15) is 5.75 Å². The summed E-state index contributed by atoms with van der Waals surface area (Å²) in [7, 11) is 1.66. The van der Waals surface area contributed by atoms with Gasteiger partial charge in [-0.2, -0.15) is 0 Å². The van der Waals surface area contributed by atoms with Crippen LogP contribution in [0.2, 0.25) is 0 Å². The van der Waals surface area contributed by atoms with Crippen LogP contribution in [0.15, 0.2) is 18.2 Å². The molecule has 1 aromatic rings. The van der Waals surface area contributed by atoms with E-state index in [4.69, 9.17) is 9.47 Å².